The SMILES string of the molecule is CNCc1cc(C(C)C)ccc1OC. The molecular formula is C12H19NO. The van der Waals surface area contributed by atoms with E-state index in [-0.39, 0.29) is 0 Å². The molecule has 1 aromatic rings. The Hall–Kier alpha value is -1.02. The van der Waals surface area contributed by atoms with Crippen LogP contribution in [-0.2, 0) is 6.54 Å². The summed E-state index contributed by atoms with van der Waals surface area (Å²) in [6.07, 6.45) is 0. The summed E-state index contributed by atoms with van der Waals surface area (Å²) in [6.45, 7) is 5.25. The third-order valence-electron chi connectivity index (χ3n) is 2.34. The van der Waals surface area contributed by atoms with Crippen LogP contribution in [0.15, 0.2) is 18.2 Å². The van der Waals surface area contributed by atoms with E-state index in [1.165, 1.54) is 11.1 Å². The largest absolute Gasteiger partial charge is 0.496 e. The van der Waals surface area contributed by atoms with Gasteiger partial charge in [0.2, 0.25) is 0 Å². The molecule has 1 N–H and O–H groups in total. The lowest BCUT2D eigenvalue weighted by Gasteiger charge is -2.12. The van der Waals surface area contributed by atoms with Crippen LogP contribution < -0.4 is 10.1 Å². The van der Waals surface area contributed by atoms with Crippen LogP contribution in [0.3, 0.4) is 0 Å². The number of rotatable bonds is 4. The van der Waals surface area contributed by atoms with Crippen LogP contribution in [-0.4, -0.2) is 14.2 Å². The van der Waals surface area contributed by atoms with E-state index in [9.17, 15) is 0 Å². The summed E-state index contributed by atoms with van der Waals surface area (Å²) in [6, 6.07) is 6.38. The summed E-state index contributed by atoms with van der Waals surface area (Å²) in [4.78, 5) is 0. The molecule has 2 nitrogen and oxygen atoms in total. The van der Waals surface area contributed by atoms with E-state index in [1.807, 2.05) is 13.1 Å². The fourth-order valence-corrected chi connectivity index (χ4v) is 1.49. The van der Waals surface area contributed by atoms with Gasteiger partial charge in [0.1, 0.15) is 5.75 Å². The van der Waals surface area contributed by atoms with Crippen molar-refractivity contribution in [2.75, 3.05) is 14.2 Å². The zero-order valence-corrected chi connectivity index (χ0v) is 9.42. The van der Waals surface area contributed by atoms with Gasteiger partial charge in [-0.25, -0.2) is 0 Å². The first kappa shape index (κ1) is 11.1. The van der Waals surface area contributed by atoms with E-state index in [1.54, 1.807) is 7.11 Å². The third kappa shape index (κ3) is 2.48. The van der Waals surface area contributed by atoms with Gasteiger partial charge < -0.3 is 10.1 Å². The average molecular weight is 193 g/mol. The number of methoxy groups -OCH3 is 1. The first-order valence-electron chi connectivity index (χ1n) is 5.00. The molecule has 0 heterocycles. The van der Waals surface area contributed by atoms with Crippen molar-refractivity contribution in [2.45, 2.75) is 26.3 Å². The topological polar surface area (TPSA) is 21.3 Å². The summed E-state index contributed by atoms with van der Waals surface area (Å²) < 4.78 is 5.29. The smallest absolute Gasteiger partial charge is 0.123 e. The zero-order valence-electron chi connectivity index (χ0n) is 9.42. The van der Waals surface area contributed by atoms with Crippen LogP contribution in [0, 0.1) is 0 Å². The maximum Gasteiger partial charge on any atom is 0.123 e. The van der Waals surface area contributed by atoms with E-state index in [0.717, 1.165) is 12.3 Å². The van der Waals surface area contributed by atoms with Crippen molar-refractivity contribution in [3.05, 3.63) is 29.3 Å². The Bertz CT molecular complexity index is 294. The van der Waals surface area contributed by atoms with Crippen molar-refractivity contribution >= 4 is 0 Å². The monoisotopic (exact) mass is 193 g/mol. The molecule has 0 aliphatic rings. The van der Waals surface area contributed by atoms with E-state index in [0.29, 0.717) is 5.92 Å². The fraction of sp³-hybridized carbons (Fsp3) is 0.500. The van der Waals surface area contributed by atoms with Crippen LogP contribution in [0.1, 0.15) is 30.9 Å². The van der Waals surface area contributed by atoms with Crippen molar-refractivity contribution in [1.29, 1.82) is 0 Å². The Balaban J connectivity index is 3.01. The summed E-state index contributed by atoms with van der Waals surface area (Å²) in [5.41, 5.74) is 2.58. The minimum atomic E-state index is 0.566. The van der Waals surface area contributed by atoms with Crippen molar-refractivity contribution in [2.24, 2.45) is 0 Å². The molecule has 0 spiro atoms. The minimum absolute atomic E-state index is 0.566. The highest BCUT2D eigenvalue weighted by Gasteiger charge is 2.05. The van der Waals surface area contributed by atoms with Gasteiger partial charge in [-0.05, 0) is 24.6 Å². The van der Waals surface area contributed by atoms with Crippen molar-refractivity contribution in [3.63, 3.8) is 0 Å². The molecule has 0 amide bonds. The summed E-state index contributed by atoms with van der Waals surface area (Å²) in [5, 5.41) is 3.14. The highest BCUT2D eigenvalue weighted by molar-refractivity contribution is 5.38. The standard InChI is InChI=1S/C12H19NO/c1-9(2)10-5-6-12(14-4)11(7-10)8-13-3/h5-7,9,13H,8H2,1-4H3. The van der Waals surface area contributed by atoms with Crippen LogP contribution in [0.5, 0.6) is 5.75 Å². The second kappa shape index (κ2) is 5.01. The molecule has 0 bridgehead atoms. The molecule has 14 heavy (non-hydrogen) atoms. The lowest BCUT2D eigenvalue weighted by atomic mass is 10.0. The van der Waals surface area contributed by atoms with Crippen molar-refractivity contribution in [1.82, 2.24) is 5.32 Å². The first-order chi connectivity index (χ1) is 6.69. The highest BCUT2D eigenvalue weighted by atomic mass is 16.5. The molecule has 0 aliphatic heterocycles. The number of hydrogen-bond donors (Lipinski definition) is 1. The first-order valence-corrected chi connectivity index (χ1v) is 5.00. The van der Waals surface area contributed by atoms with Crippen LogP contribution in [0.2, 0.25) is 0 Å². The maximum atomic E-state index is 5.29. The second-order valence-corrected chi connectivity index (χ2v) is 3.76. The van der Waals surface area contributed by atoms with Gasteiger partial charge in [-0.2, -0.15) is 0 Å². The Kier molecular flexibility index (Phi) is 3.96. The number of benzene rings is 1. The number of ether oxygens (including phenoxy) is 1. The lowest BCUT2D eigenvalue weighted by molar-refractivity contribution is 0.408. The molecule has 0 unspecified atom stereocenters. The highest BCUT2D eigenvalue weighted by Crippen LogP contribution is 2.23. The van der Waals surface area contributed by atoms with E-state index in [4.69, 9.17) is 4.74 Å². The molecular weight excluding hydrogens is 174 g/mol. The molecule has 0 saturated carbocycles. The Labute approximate surface area is 86.3 Å². The van der Waals surface area contributed by atoms with Gasteiger partial charge in [-0.1, -0.05) is 26.0 Å². The molecule has 1 aromatic carbocycles. The van der Waals surface area contributed by atoms with Gasteiger partial charge in [0, 0.05) is 12.1 Å². The number of hydrogen-bond acceptors (Lipinski definition) is 2. The molecule has 0 aromatic heterocycles. The zero-order chi connectivity index (χ0) is 10.6. The van der Waals surface area contributed by atoms with Crippen molar-refractivity contribution < 1.29 is 4.74 Å². The molecule has 0 radical (unpaired) electrons. The number of nitrogens with one attached hydrogen (secondary N) is 1. The summed E-state index contributed by atoms with van der Waals surface area (Å²) in [5.74, 6) is 1.53. The van der Waals surface area contributed by atoms with E-state index < -0.39 is 0 Å². The van der Waals surface area contributed by atoms with E-state index >= 15 is 0 Å². The minimum Gasteiger partial charge on any atom is -0.496 e. The molecule has 0 fully saturated rings. The molecule has 1 rings (SSSR count). The van der Waals surface area contributed by atoms with Gasteiger partial charge in [0.25, 0.3) is 0 Å². The molecule has 0 saturated heterocycles. The van der Waals surface area contributed by atoms with Gasteiger partial charge in [0.15, 0.2) is 0 Å². The quantitative estimate of drug-likeness (QED) is 0.793. The molecule has 0 atom stereocenters. The Morgan fingerprint density at radius 2 is 2.07 bits per heavy atom. The van der Waals surface area contributed by atoms with Crippen LogP contribution in [0.4, 0.5) is 0 Å². The van der Waals surface area contributed by atoms with Gasteiger partial charge in [-0.15, -0.1) is 0 Å². The third-order valence-corrected chi connectivity index (χ3v) is 2.34. The summed E-state index contributed by atoms with van der Waals surface area (Å²) >= 11 is 0. The normalized spacial score (nSPS) is 10.6. The van der Waals surface area contributed by atoms with Gasteiger partial charge >= 0.3 is 0 Å². The molecule has 0 aliphatic carbocycles. The molecule has 2 heteroatoms. The Morgan fingerprint density at radius 3 is 2.57 bits per heavy atom. The van der Waals surface area contributed by atoms with Crippen LogP contribution >= 0.6 is 0 Å². The van der Waals surface area contributed by atoms with Gasteiger partial charge in [-0.3, -0.25) is 0 Å². The second-order valence-electron chi connectivity index (χ2n) is 3.76. The Morgan fingerprint density at radius 1 is 1.36 bits per heavy atom. The fourth-order valence-electron chi connectivity index (χ4n) is 1.49. The predicted octanol–water partition coefficient (Wildman–Crippen LogP) is 2.54. The maximum absolute atomic E-state index is 5.29. The molecule has 78 valence electrons. The predicted molar refractivity (Wildman–Crippen MR) is 59.8 cm³/mol. The van der Waals surface area contributed by atoms with Crippen molar-refractivity contribution in [3.8, 4) is 5.75 Å². The van der Waals surface area contributed by atoms with Crippen LogP contribution in [0.25, 0.3) is 0 Å². The average Bonchev–Trinajstić information content (AvgIpc) is 2.18. The summed E-state index contributed by atoms with van der Waals surface area (Å²) in [7, 11) is 3.66. The lowest BCUT2D eigenvalue weighted by Crippen LogP contribution is -2.07. The van der Waals surface area contributed by atoms with E-state index in [2.05, 4.69) is 31.3 Å². The van der Waals surface area contributed by atoms with Gasteiger partial charge in [0.05, 0.1) is 7.11 Å².